The maximum Gasteiger partial charge on any atom is 0.240 e. The van der Waals surface area contributed by atoms with Crippen LogP contribution in [0.15, 0.2) is 29.2 Å². The third-order valence-corrected chi connectivity index (χ3v) is 4.02. The van der Waals surface area contributed by atoms with Gasteiger partial charge in [0.05, 0.1) is 4.90 Å². The molecule has 0 unspecified atom stereocenters. The first-order valence-corrected chi connectivity index (χ1v) is 6.65. The van der Waals surface area contributed by atoms with Crippen LogP contribution in [0.5, 0.6) is 0 Å². The molecule has 0 aromatic heterocycles. The molecular weight excluding hydrogens is 226 g/mol. The Hall–Kier alpha value is -1.20. The van der Waals surface area contributed by atoms with Gasteiger partial charge in [0.2, 0.25) is 10.0 Å². The Balaban J connectivity index is 2.10. The molecule has 1 aromatic rings. The second-order valence-electron chi connectivity index (χ2n) is 3.98. The minimum Gasteiger partial charge on any atom is -0.298 e. The maximum atomic E-state index is 11.8. The zero-order chi connectivity index (χ0) is 11.6. The molecule has 1 N–H and O–H groups in total. The molecule has 0 saturated heterocycles. The lowest BCUT2D eigenvalue weighted by Crippen LogP contribution is -2.25. The van der Waals surface area contributed by atoms with Crippen molar-refractivity contribution >= 4 is 16.3 Å². The van der Waals surface area contributed by atoms with E-state index in [1.807, 2.05) is 0 Å². The molecule has 4 nitrogen and oxygen atoms in total. The molecule has 86 valence electrons. The molecule has 0 atom stereocenters. The van der Waals surface area contributed by atoms with Crippen LogP contribution in [0.3, 0.4) is 0 Å². The van der Waals surface area contributed by atoms with Gasteiger partial charge in [-0.05, 0) is 30.9 Å². The smallest absolute Gasteiger partial charge is 0.240 e. The maximum absolute atomic E-state index is 11.8. The fourth-order valence-corrected chi connectivity index (χ4v) is 2.47. The molecule has 1 aromatic carbocycles. The van der Waals surface area contributed by atoms with Gasteiger partial charge in [-0.3, -0.25) is 4.79 Å². The van der Waals surface area contributed by atoms with Crippen LogP contribution in [-0.4, -0.2) is 21.2 Å². The van der Waals surface area contributed by atoms with E-state index < -0.39 is 10.0 Å². The average molecular weight is 239 g/mol. The molecule has 1 aliphatic rings. The Labute approximate surface area is 94.7 Å². The highest BCUT2D eigenvalue weighted by atomic mass is 32.2. The van der Waals surface area contributed by atoms with Gasteiger partial charge in [0.15, 0.2) is 0 Å². The van der Waals surface area contributed by atoms with E-state index in [1.54, 1.807) is 0 Å². The predicted octanol–water partition coefficient (Wildman–Crippen LogP) is 1.19. The number of rotatable bonds is 5. The van der Waals surface area contributed by atoms with E-state index in [-0.39, 0.29) is 4.90 Å². The quantitative estimate of drug-likeness (QED) is 0.785. The summed E-state index contributed by atoms with van der Waals surface area (Å²) in [4.78, 5) is 10.6. The van der Waals surface area contributed by atoms with Gasteiger partial charge in [-0.15, -0.1) is 0 Å². The number of hydrogen-bond acceptors (Lipinski definition) is 3. The standard InChI is InChI=1S/C11H13NO3S/c13-8-10-3-5-11(6-4-10)16(14,15)12-7-9-1-2-9/h3-6,8-9,12H,1-2,7H2. The topological polar surface area (TPSA) is 63.2 Å². The number of benzene rings is 1. The van der Waals surface area contributed by atoms with E-state index in [1.165, 1.54) is 24.3 Å². The van der Waals surface area contributed by atoms with E-state index in [0.717, 1.165) is 12.8 Å². The van der Waals surface area contributed by atoms with Crippen LogP contribution >= 0.6 is 0 Å². The minimum absolute atomic E-state index is 0.207. The van der Waals surface area contributed by atoms with E-state index in [0.29, 0.717) is 24.3 Å². The molecule has 2 rings (SSSR count). The molecule has 1 saturated carbocycles. The molecule has 0 radical (unpaired) electrons. The molecule has 1 fully saturated rings. The first-order valence-electron chi connectivity index (χ1n) is 5.17. The third-order valence-electron chi connectivity index (χ3n) is 2.59. The van der Waals surface area contributed by atoms with Gasteiger partial charge in [-0.2, -0.15) is 0 Å². The van der Waals surface area contributed by atoms with Crippen molar-refractivity contribution in [3.05, 3.63) is 29.8 Å². The van der Waals surface area contributed by atoms with Crippen molar-refractivity contribution in [2.75, 3.05) is 6.54 Å². The van der Waals surface area contributed by atoms with E-state index in [4.69, 9.17) is 0 Å². The van der Waals surface area contributed by atoms with Crippen LogP contribution in [0.4, 0.5) is 0 Å². The summed E-state index contributed by atoms with van der Waals surface area (Å²) in [6.45, 7) is 0.512. The number of nitrogens with one attached hydrogen (secondary N) is 1. The Morgan fingerprint density at radius 1 is 1.25 bits per heavy atom. The van der Waals surface area contributed by atoms with Crippen molar-refractivity contribution in [1.29, 1.82) is 0 Å². The fraction of sp³-hybridized carbons (Fsp3) is 0.364. The van der Waals surface area contributed by atoms with Crippen LogP contribution in [0.25, 0.3) is 0 Å². The van der Waals surface area contributed by atoms with Gasteiger partial charge < -0.3 is 0 Å². The fourth-order valence-electron chi connectivity index (χ4n) is 1.36. The van der Waals surface area contributed by atoms with Gasteiger partial charge in [-0.1, -0.05) is 12.1 Å². The second-order valence-corrected chi connectivity index (χ2v) is 5.75. The lowest BCUT2D eigenvalue weighted by atomic mass is 10.2. The summed E-state index contributed by atoms with van der Waals surface area (Å²) < 4.78 is 26.1. The van der Waals surface area contributed by atoms with Crippen molar-refractivity contribution in [3.63, 3.8) is 0 Å². The lowest BCUT2D eigenvalue weighted by molar-refractivity contribution is 0.112. The SMILES string of the molecule is O=Cc1ccc(S(=O)(=O)NCC2CC2)cc1. The van der Waals surface area contributed by atoms with Crippen LogP contribution in [-0.2, 0) is 10.0 Å². The molecule has 0 amide bonds. The molecule has 16 heavy (non-hydrogen) atoms. The van der Waals surface area contributed by atoms with E-state index in [2.05, 4.69) is 4.72 Å². The first kappa shape index (κ1) is 11.3. The molecule has 0 bridgehead atoms. The Kier molecular flexibility index (Phi) is 3.07. The van der Waals surface area contributed by atoms with Gasteiger partial charge in [0.1, 0.15) is 6.29 Å². The number of carbonyl (C=O) groups is 1. The van der Waals surface area contributed by atoms with Crippen LogP contribution in [0.2, 0.25) is 0 Å². The van der Waals surface area contributed by atoms with Gasteiger partial charge >= 0.3 is 0 Å². The average Bonchev–Trinajstić information content (AvgIpc) is 3.10. The molecule has 0 aliphatic heterocycles. The monoisotopic (exact) mass is 239 g/mol. The van der Waals surface area contributed by atoms with Gasteiger partial charge in [0.25, 0.3) is 0 Å². The summed E-state index contributed by atoms with van der Waals surface area (Å²) in [7, 11) is -3.41. The van der Waals surface area contributed by atoms with Crippen molar-refractivity contribution < 1.29 is 13.2 Å². The van der Waals surface area contributed by atoms with Crippen LogP contribution < -0.4 is 4.72 Å². The molecule has 5 heteroatoms. The Bertz CT molecular complexity index is 474. The van der Waals surface area contributed by atoms with Crippen molar-refractivity contribution in [2.45, 2.75) is 17.7 Å². The zero-order valence-electron chi connectivity index (χ0n) is 8.72. The van der Waals surface area contributed by atoms with Gasteiger partial charge in [0, 0.05) is 12.1 Å². The Morgan fingerprint density at radius 2 is 1.88 bits per heavy atom. The lowest BCUT2D eigenvalue weighted by Gasteiger charge is -2.05. The third kappa shape index (κ3) is 2.68. The Morgan fingerprint density at radius 3 is 2.38 bits per heavy atom. The van der Waals surface area contributed by atoms with E-state index >= 15 is 0 Å². The summed E-state index contributed by atoms with van der Waals surface area (Å²) >= 11 is 0. The minimum atomic E-state index is -3.41. The van der Waals surface area contributed by atoms with Crippen LogP contribution in [0.1, 0.15) is 23.2 Å². The molecular formula is C11H13NO3S. The van der Waals surface area contributed by atoms with Crippen molar-refractivity contribution in [3.8, 4) is 0 Å². The summed E-state index contributed by atoms with van der Waals surface area (Å²) in [6.07, 6.45) is 2.90. The summed E-state index contributed by atoms with van der Waals surface area (Å²) in [5.74, 6) is 0.504. The molecule has 0 spiro atoms. The van der Waals surface area contributed by atoms with E-state index in [9.17, 15) is 13.2 Å². The molecule has 1 aliphatic carbocycles. The highest BCUT2D eigenvalue weighted by Gasteiger charge is 2.24. The number of hydrogen-bond donors (Lipinski definition) is 1. The summed E-state index contributed by atoms with van der Waals surface area (Å²) in [5, 5.41) is 0. The van der Waals surface area contributed by atoms with Crippen molar-refractivity contribution in [2.24, 2.45) is 5.92 Å². The highest BCUT2D eigenvalue weighted by Crippen LogP contribution is 2.28. The number of aldehydes is 1. The predicted molar refractivity (Wildman–Crippen MR) is 59.7 cm³/mol. The number of sulfonamides is 1. The van der Waals surface area contributed by atoms with Crippen LogP contribution in [0, 0.1) is 5.92 Å². The summed E-state index contributed by atoms with van der Waals surface area (Å²) in [5.41, 5.74) is 0.473. The highest BCUT2D eigenvalue weighted by molar-refractivity contribution is 7.89. The zero-order valence-corrected chi connectivity index (χ0v) is 9.53. The normalized spacial score (nSPS) is 16.0. The number of carbonyl (C=O) groups excluding carboxylic acids is 1. The first-order chi connectivity index (χ1) is 7.62. The van der Waals surface area contributed by atoms with Gasteiger partial charge in [-0.25, -0.2) is 13.1 Å². The molecule has 0 heterocycles. The largest absolute Gasteiger partial charge is 0.298 e. The van der Waals surface area contributed by atoms with Crippen molar-refractivity contribution in [1.82, 2.24) is 4.72 Å². The second kappa shape index (κ2) is 4.35. The summed E-state index contributed by atoms with van der Waals surface area (Å²) in [6, 6.07) is 5.88.